The maximum Gasteiger partial charge on any atom is 0.0945 e. The van der Waals surface area contributed by atoms with E-state index in [0.717, 1.165) is 22.6 Å². The van der Waals surface area contributed by atoms with E-state index < -0.39 is 0 Å². The third kappa shape index (κ3) is 1.85. The largest absolute Gasteiger partial charge is 0.360 e. The van der Waals surface area contributed by atoms with Crippen LogP contribution in [0.3, 0.4) is 0 Å². The third-order valence-electron chi connectivity index (χ3n) is 2.78. The van der Waals surface area contributed by atoms with E-state index in [1.54, 1.807) is 11.3 Å². The summed E-state index contributed by atoms with van der Waals surface area (Å²) in [4.78, 5) is 7.88. The molecule has 0 atom stereocenters. The summed E-state index contributed by atoms with van der Waals surface area (Å²) < 4.78 is 0. The Bertz CT molecular complexity index is 639. The van der Waals surface area contributed by atoms with Crippen LogP contribution in [-0.2, 0) is 6.42 Å². The quantitative estimate of drug-likeness (QED) is 0.743. The summed E-state index contributed by atoms with van der Waals surface area (Å²) >= 11 is 1.68. The monoisotopic (exact) mass is 243 g/mol. The van der Waals surface area contributed by atoms with Crippen LogP contribution in [0.5, 0.6) is 0 Å². The van der Waals surface area contributed by atoms with Crippen LogP contribution in [0.2, 0.25) is 0 Å². The van der Waals surface area contributed by atoms with Crippen molar-refractivity contribution in [1.29, 1.82) is 0 Å². The van der Waals surface area contributed by atoms with Crippen molar-refractivity contribution in [2.24, 2.45) is 5.73 Å². The Morgan fingerprint density at radius 2 is 2.18 bits per heavy atom. The Morgan fingerprint density at radius 3 is 3.06 bits per heavy atom. The Kier molecular flexibility index (Phi) is 2.66. The molecule has 0 saturated carbocycles. The second-order valence-electron chi connectivity index (χ2n) is 3.91. The van der Waals surface area contributed by atoms with Crippen molar-refractivity contribution in [3.8, 4) is 11.3 Å². The SMILES string of the molecule is NCCc1nc(-c2c[nH]c3ccccc23)cs1. The van der Waals surface area contributed by atoms with Crippen LogP contribution in [0.25, 0.3) is 22.2 Å². The number of nitrogens with two attached hydrogens (primary N) is 1. The molecule has 2 aromatic heterocycles. The van der Waals surface area contributed by atoms with Crippen molar-refractivity contribution in [2.75, 3.05) is 6.54 Å². The zero-order chi connectivity index (χ0) is 11.7. The molecule has 0 aliphatic carbocycles. The van der Waals surface area contributed by atoms with Gasteiger partial charge in [-0.15, -0.1) is 11.3 Å². The van der Waals surface area contributed by atoms with E-state index in [9.17, 15) is 0 Å². The predicted molar refractivity (Wildman–Crippen MR) is 72.2 cm³/mol. The minimum absolute atomic E-state index is 0.654. The molecule has 0 aliphatic rings. The van der Waals surface area contributed by atoms with Gasteiger partial charge in [-0.2, -0.15) is 0 Å². The molecule has 0 fully saturated rings. The lowest BCUT2D eigenvalue weighted by molar-refractivity contribution is 0.954. The van der Waals surface area contributed by atoms with E-state index in [1.807, 2.05) is 18.3 Å². The number of thiazole rings is 1. The third-order valence-corrected chi connectivity index (χ3v) is 3.68. The molecule has 1 aromatic carbocycles. The molecule has 3 N–H and O–H groups in total. The first kappa shape index (κ1) is 10.5. The summed E-state index contributed by atoms with van der Waals surface area (Å²) in [6.07, 6.45) is 2.87. The minimum Gasteiger partial charge on any atom is -0.360 e. The van der Waals surface area contributed by atoms with Crippen LogP contribution in [0.4, 0.5) is 0 Å². The number of nitrogens with one attached hydrogen (secondary N) is 1. The molecule has 0 bridgehead atoms. The highest BCUT2D eigenvalue weighted by atomic mass is 32.1. The number of benzene rings is 1. The first-order valence-electron chi connectivity index (χ1n) is 5.59. The lowest BCUT2D eigenvalue weighted by Gasteiger charge is -1.93. The van der Waals surface area contributed by atoms with Gasteiger partial charge in [0.2, 0.25) is 0 Å². The Balaban J connectivity index is 2.07. The highest BCUT2D eigenvalue weighted by molar-refractivity contribution is 7.09. The van der Waals surface area contributed by atoms with Crippen LogP contribution in [-0.4, -0.2) is 16.5 Å². The van der Waals surface area contributed by atoms with Crippen LogP contribution >= 0.6 is 11.3 Å². The van der Waals surface area contributed by atoms with E-state index in [4.69, 9.17) is 5.73 Å². The molecule has 17 heavy (non-hydrogen) atoms. The molecule has 3 nitrogen and oxygen atoms in total. The van der Waals surface area contributed by atoms with Crippen LogP contribution in [0.15, 0.2) is 35.8 Å². The number of aromatic nitrogens is 2. The number of aromatic amines is 1. The van der Waals surface area contributed by atoms with Gasteiger partial charge < -0.3 is 10.7 Å². The summed E-state index contributed by atoms with van der Waals surface area (Å²) in [5.74, 6) is 0. The summed E-state index contributed by atoms with van der Waals surface area (Å²) in [7, 11) is 0. The van der Waals surface area contributed by atoms with Gasteiger partial charge in [0.1, 0.15) is 0 Å². The highest BCUT2D eigenvalue weighted by Crippen LogP contribution is 2.29. The maximum atomic E-state index is 5.54. The van der Waals surface area contributed by atoms with E-state index in [-0.39, 0.29) is 0 Å². The molecule has 3 rings (SSSR count). The van der Waals surface area contributed by atoms with E-state index in [2.05, 4.69) is 27.5 Å². The summed E-state index contributed by atoms with van der Waals surface area (Å²) in [6, 6.07) is 8.27. The molecule has 0 amide bonds. The van der Waals surface area contributed by atoms with E-state index in [1.165, 1.54) is 10.9 Å². The van der Waals surface area contributed by atoms with Gasteiger partial charge in [0.25, 0.3) is 0 Å². The molecule has 0 radical (unpaired) electrons. The zero-order valence-electron chi connectivity index (χ0n) is 9.31. The van der Waals surface area contributed by atoms with Gasteiger partial charge in [0, 0.05) is 34.5 Å². The number of hydrogen-bond acceptors (Lipinski definition) is 3. The molecule has 2 heterocycles. The fraction of sp³-hybridized carbons (Fsp3) is 0.154. The summed E-state index contributed by atoms with van der Waals surface area (Å²) in [5, 5.41) is 4.42. The second-order valence-corrected chi connectivity index (χ2v) is 4.86. The van der Waals surface area contributed by atoms with E-state index in [0.29, 0.717) is 6.54 Å². The van der Waals surface area contributed by atoms with Gasteiger partial charge in [-0.1, -0.05) is 18.2 Å². The first-order chi connectivity index (χ1) is 8.38. The smallest absolute Gasteiger partial charge is 0.0945 e. The van der Waals surface area contributed by atoms with Crippen molar-refractivity contribution in [2.45, 2.75) is 6.42 Å². The number of nitrogens with zero attached hydrogens (tertiary/aromatic N) is 1. The minimum atomic E-state index is 0.654. The first-order valence-corrected chi connectivity index (χ1v) is 6.47. The summed E-state index contributed by atoms with van der Waals surface area (Å²) in [5.41, 5.74) is 8.89. The molecule has 86 valence electrons. The summed E-state index contributed by atoms with van der Waals surface area (Å²) in [6.45, 7) is 0.654. The lowest BCUT2D eigenvalue weighted by Crippen LogP contribution is -2.01. The number of rotatable bonds is 3. The lowest BCUT2D eigenvalue weighted by atomic mass is 10.1. The Morgan fingerprint density at radius 1 is 1.29 bits per heavy atom. The van der Waals surface area contributed by atoms with Gasteiger partial charge in [-0.05, 0) is 12.6 Å². The van der Waals surface area contributed by atoms with Gasteiger partial charge in [0.15, 0.2) is 0 Å². The van der Waals surface area contributed by atoms with Crippen LogP contribution in [0, 0.1) is 0 Å². The average molecular weight is 243 g/mol. The van der Waals surface area contributed by atoms with Crippen molar-refractivity contribution in [3.63, 3.8) is 0 Å². The van der Waals surface area contributed by atoms with Crippen molar-refractivity contribution in [3.05, 3.63) is 40.8 Å². The molecule has 0 aliphatic heterocycles. The van der Waals surface area contributed by atoms with Crippen LogP contribution < -0.4 is 5.73 Å². The average Bonchev–Trinajstić information content (AvgIpc) is 2.95. The zero-order valence-corrected chi connectivity index (χ0v) is 10.1. The standard InChI is InChI=1S/C13H13N3S/c14-6-5-13-16-12(8-17-13)10-7-15-11-4-2-1-3-9(10)11/h1-4,7-8,15H,5-6,14H2. The topological polar surface area (TPSA) is 54.7 Å². The fourth-order valence-electron chi connectivity index (χ4n) is 1.96. The number of para-hydroxylation sites is 1. The molecule has 4 heteroatoms. The van der Waals surface area contributed by atoms with Crippen molar-refractivity contribution < 1.29 is 0 Å². The van der Waals surface area contributed by atoms with Gasteiger partial charge in [-0.3, -0.25) is 0 Å². The molecule has 0 saturated heterocycles. The molecule has 3 aromatic rings. The fourth-order valence-corrected chi connectivity index (χ4v) is 2.77. The molecular formula is C13H13N3S. The number of H-pyrrole nitrogens is 1. The second kappa shape index (κ2) is 4.31. The normalized spacial score (nSPS) is 11.1. The maximum absolute atomic E-state index is 5.54. The Labute approximate surface area is 103 Å². The number of fused-ring (bicyclic) bond motifs is 1. The highest BCUT2D eigenvalue weighted by Gasteiger charge is 2.08. The molecular weight excluding hydrogens is 230 g/mol. The van der Waals surface area contributed by atoms with Crippen molar-refractivity contribution >= 4 is 22.2 Å². The van der Waals surface area contributed by atoms with Gasteiger partial charge in [0.05, 0.1) is 10.7 Å². The van der Waals surface area contributed by atoms with E-state index >= 15 is 0 Å². The predicted octanol–water partition coefficient (Wildman–Crippen LogP) is 2.79. The van der Waals surface area contributed by atoms with Gasteiger partial charge >= 0.3 is 0 Å². The van der Waals surface area contributed by atoms with Gasteiger partial charge in [-0.25, -0.2) is 4.98 Å². The Hall–Kier alpha value is -1.65. The van der Waals surface area contributed by atoms with Crippen molar-refractivity contribution in [1.82, 2.24) is 9.97 Å². The van der Waals surface area contributed by atoms with Crippen LogP contribution in [0.1, 0.15) is 5.01 Å². The molecule has 0 spiro atoms. The molecule has 0 unspecified atom stereocenters. The number of hydrogen-bond donors (Lipinski definition) is 2.